The molecule has 0 heterocycles. The minimum atomic E-state index is 0.0231. The highest BCUT2D eigenvalue weighted by Gasteiger charge is 2.31. The molecular formula is C25H36O3S. The van der Waals surface area contributed by atoms with Gasteiger partial charge in [-0.1, -0.05) is 50.5 Å². The summed E-state index contributed by atoms with van der Waals surface area (Å²) in [5, 5.41) is 11.1. The molecular weight excluding hydrogens is 380 g/mol. The van der Waals surface area contributed by atoms with E-state index in [2.05, 4.69) is 33.4 Å². The Bertz CT molecular complexity index is 751. The molecule has 0 fully saturated rings. The number of phenols is 1. The van der Waals surface area contributed by atoms with Crippen molar-refractivity contribution in [3.63, 3.8) is 0 Å². The first-order valence-electron chi connectivity index (χ1n) is 10.9. The van der Waals surface area contributed by atoms with E-state index in [1.165, 1.54) is 12.0 Å². The highest BCUT2D eigenvalue weighted by atomic mass is 32.1. The summed E-state index contributed by atoms with van der Waals surface area (Å²) < 4.78 is 11.5. The predicted octanol–water partition coefficient (Wildman–Crippen LogP) is 7.23. The molecule has 29 heavy (non-hydrogen) atoms. The van der Waals surface area contributed by atoms with Gasteiger partial charge in [0.2, 0.25) is 0 Å². The monoisotopic (exact) mass is 416 g/mol. The lowest BCUT2D eigenvalue weighted by atomic mass is 9.73. The summed E-state index contributed by atoms with van der Waals surface area (Å²) in [7, 11) is 0. The summed E-state index contributed by atoms with van der Waals surface area (Å²) in [5.41, 5.74) is 4.31. The number of hydrogen-bond acceptors (Lipinski definition) is 4. The molecule has 1 aromatic rings. The van der Waals surface area contributed by atoms with Crippen LogP contribution in [0, 0.1) is 5.92 Å². The highest BCUT2D eigenvalue weighted by molar-refractivity contribution is 7.79. The molecule has 0 bridgehead atoms. The maximum atomic E-state index is 11.0. The first kappa shape index (κ1) is 23.5. The van der Waals surface area contributed by atoms with Gasteiger partial charge in [0, 0.05) is 23.7 Å². The first-order chi connectivity index (χ1) is 13.9. The van der Waals surface area contributed by atoms with Crippen molar-refractivity contribution in [1.82, 2.24) is 0 Å². The van der Waals surface area contributed by atoms with E-state index in [9.17, 15) is 5.11 Å². The van der Waals surface area contributed by atoms with Crippen LogP contribution in [0.1, 0.15) is 83.3 Å². The van der Waals surface area contributed by atoms with Gasteiger partial charge in [-0.3, -0.25) is 0 Å². The standard InChI is InChI=1S/C25H36O3S/c1-6-8-9-10-19-15-22(26)24(23(16-19)28-25(29)27-13-7-2)21-14-18(5)11-12-20(21)17(3)4/h14-16,20-21,26H,3,6-13H2,1-2,4-5H3/t20-,21+/m0/s1. The van der Waals surface area contributed by atoms with E-state index in [4.69, 9.17) is 21.7 Å². The van der Waals surface area contributed by atoms with Crippen LogP contribution in [0.2, 0.25) is 0 Å². The van der Waals surface area contributed by atoms with Crippen molar-refractivity contribution in [2.24, 2.45) is 5.92 Å². The number of benzene rings is 1. The van der Waals surface area contributed by atoms with Crippen LogP contribution in [0.3, 0.4) is 0 Å². The second kappa shape index (κ2) is 11.4. The lowest BCUT2D eigenvalue weighted by Crippen LogP contribution is -2.19. The van der Waals surface area contributed by atoms with Crippen LogP contribution < -0.4 is 4.74 Å². The highest BCUT2D eigenvalue weighted by Crippen LogP contribution is 2.47. The summed E-state index contributed by atoms with van der Waals surface area (Å²) in [5.74, 6) is 1.17. The van der Waals surface area contributed by atoms with E-state index >= 15 is 0 Å². The smallest absolute Gasteiger partial charge is 0.357 e. The summed E-state index contributed by atoms with van der Waals surface area (Å²) in [6.07, 6.45) is 9.51. The second-order valence-electron chi connectivity index (χ2n) is 8.21. The van der Waals surface area contributed by atoms with Crippen LogP contribution >= 0.6 is 12.2 Å². The number of allylic oxidation sites excluding steroid dienone is 3. The van der Waals surface area contributed by atoms with Crippen LogP contribution in [-0.4, -0.2) is 17.0 Å². The fourth-order valence-corrected chi connectivity index (χ4v) is 4.19. The minimum absolute atomic E-state index is 0.0231. The Balaban J connectivity index is 2.45. The van der Waals surface area contributed by atoms with Gasteiger partial charge in [-0.2, -0.15) is 0 Å². The Labute approximate surface area is 181 Å². The number of aryl methyl sites for hydroxylation is 1. The number of ether oxygens (including phenoxy) is 2. The Kier molecular flexibility index (Phi) is 9.22. The minimum Gasteiger partial charge on any atom is -0.507 e. The SMILES string of the molecule is C=C(C)[C@@H]1CCC(C)=C[C@H]1c1c(O)cc(CCCCC)cc1OC(=S)OCCC. The van der Waals surface area contributed by atoms with E-state index in [-0.39, 0.29) is 22.8 Å². The quantitative estimate of drug-likeness (QED) is 0.262. The van der Waals surface area contributed by atoms with Crippen molar-refractivity contribution >= 4 is 17.5 Å². The van der Waals surface area contributed by atoms with Gasteiger partial charge < -0.3 is 14.6 Å². The fourth-order valence-electron chi connectivity index (χ4n) is 4.02. The van der Waals surface area contributed by atoms with Crippen molar-refractivity contribution in [2.75, 3.05) is 6.61 Å². The van der Waals surface area contributed by atoms with Gasteiger partial charge in [0.1, 0.15) is 11.5 Å². The number of rotatable bonds is 9. The van der Waals surface area contributed by atoms with Gasteiger partial charge in [-0.05, 0) is 69.6 Å². The van der Waals surface area contributed by atoms with Crippen molar-refractivity contribution in [1.29, 1.82) is 0 Å². The molecule has 1 aliphatic rings. The van der Waals surface area contributed by atoms with Crippen LogP contribution in [-0.2, 0) is 11.2 Å². The van der Waals surface area contributed by atoms with Crippen molar-refractivity contribution in [3.05, 3.63) is 47.1 Å². The van der Waals surface area contributed by atoms with E-state index in [1.54, 1.807) is 0 Å². The number of phenolic OH excluding ortho intramolecular Hbond substituents is 1. The molecule has 1 N–H and O–H groups in total. The molecule has 0 radical (unpaired) electrons. The number of hydrogen-bond donors (Lipinski definition) is 1. The van der Waals surface area contributed by atoms with Gasteiger partial charge in [-0.25, -0.2) is 0 Å². The third-order valence-corrected chi connectivity index (χ3v) is 5.78. The average molecular weight is 417 g/mol. The largest absolute Gasteiger partial charge is 0.507 e. The molecule has 0 spiro atoms. The third-order valence-electron chi connectivity index (χ3n) is 5.58. The van der Waals surface area contributed by atoms with Gasteiger partial charge in [0.25, 0.3) is 0 Å². The average Bonchev–Trinajstić information content (AvgIpc) is 2.66. The van der Waals surface area contributed by atoms with E-state index in [1.807, 2.05) is 19.1 Å². The topological polar surface area (TPSA) is 38.7 Å². The van der Waals surface area contributed by atoms with E-state index in [0.717, 1.165) is 55.2 Å². The first-order valence-corrected chi connectivity index (χ1v) is 11.3. The summed E-state index contributed by atoms with van der Waals surface area (Å²) in [6, 6.07) is 3.92. The number of thiocarbonyl (C=S) groups is 1. The van der Waals surface area contributed by atoms with Crippen LogP contribution in [0.15, 0.2) is 35.9 Å². The number of aromatic hydroxyl groups is 1. The lowest BCUT2D eigenvalue weighted by molar-refractivity contribution is 0.246. The zero-order valence-electron chi connectivity index (χ0n) is 18.4. The van der Waals surface area contributed by atoms with Gasteiger partial charge in [-0.15, -0.1) is 0 Å². The third kappa shape index (κ3) is 6.60. The fraction of sp³-hybridized carbons (Fsp3) is 0.560. The molecule has 0 aliphatic heterocycles. The van der Waals surface area contributed by atoms with Gasteiger partial charge in [0.15, 0.2) is 0 Å². The van der Waals surface area contributed by atoms with E-state index < -0.39 is 0 Å². The zero-order valence-corrected chi connectivity index (χ0v) is 19.2. The lowest BCUT2D eigenvalue weighted by Gasteiger charge is -2.32. The molecule has 2 rings (SSSR count). The number of unbranched alkanes of at least 4 members (excludes halogenated alkanes) is 2. The molecule has 2 atom stereocenters. The molecule has 0 unspecified atom stereocenters. The zero-order chi connectivity index (χ0) is 21.4. The molecule has 0 saturated heterocycles. The van der Waals surface area contributed by atoms with Gasteiger partial charge in [0.05, 0.1) is 6.61 Å². The molecule has 0 amide bonds. The molecule has 4 heteroatoms. The van der Waals surface area contributed by atoms with Crippen molar-refractivity contribution in [3.8, 4) is 11.5 Å². The van der Waals surface area contributed by atoms with Crippen LogP contribution in [0.4, 0.5) is 0 Å². The predicted molar refractivity (Wildman–Crippen MR) is 125 cm³/mol. The van der Waals surface area contributed by atoms with E-state index in [0.29, 0.717) is 12.4 Å². The molecule has 3 nitrogen and oxygen atoms in total. The van der Waals surface area contributed by atoms with Crippen molar-refractivity contribution in [2.45, 2.75) is 78.6 Å². The maximum absolute atomic E-state index is 11.0. The molecule has 1 aliphatic carbocycles. The second-order valence-corrected chi connectivity index (χ2v) is 8.55. The van der Waals surface area contributed by atoms with Crippen LogP contribution in [0.5, 0.6) is 11.5 Å². The summed E-state index contributed by atoms with van der Waals surface area (Å²) in [6.45, 7) is 13.2. The normalized spacial score (nSPS) is 18.8. The maximum Gasteiger partial charge on any atom is 0.357 e. The molecule has 1 aromatic carbocycles. The molecule has 0 saturated carbocycles. The Morgan fingerprint density at radius 3 is 2.66 bits per heavy atom. The molecule has 160 valence electrons. The Morgan fingerprint density at radius 1 is 1.24 bits per heavy atom. The molecule has 0 aromatic heterocycles. The Morgan fingerprint density at radius 2 is 2.00 bits per heavy atom. The summed E-state index contributed by atoms with van der Waals surface area (Å²) in [4.78, 5) is 0. The summed E-state index contributed by atoms with van der Waals surface area (Å²) >= 11 is 5.30. The van der Waals surface area contributed by atoms with Crippen molar-refractivity contribution < 1.29 is 14.6 Å². The Hall–Kier alpha value is -1.81. The van der Waals surface area contributed by atoms with Crippen LogP contribution in [0.25, 0.3) is 0 Å². The van der Waals surface area contributed by atoms with Gasteiger partial charge >= 0.3 is 5.24 Å².